The van der Waals surface area contributed by atoms with Gasteiger partial charge in [0.05, 0.1) is 16.9 Å². The van der Waals surface area contributed by atoms with Crippen LogP contribution in [0.3, 0.4) is 0 Å². The van der Waals surface area contributed by atoms with Crippen molar-refractivity contribution < 1.29 is 4.74 Å². The maximum Gasteiger partial charge on any atom is 0.154 e. The van der Waals surface area contributed by atoms with E-state index in [1.54, 1.807) is 12.4 Å². The Kier molecular flexibility index (Phi) is 2.25. The Morgan fingerprint density at radius 1 is 1.38 bits per heavy atom. The molecule has 1 aliphatic heterocycles. The molecule has 0 radical (unpaired) electrons. The topological polar surface area (TPSA) is 66.0 Å². The van der Waals surface area contributed by atoms with Crippen LogP contribution in [0.25, 0.3) is 10.9 Å². The Morgan fingerprint density at radius 2 is 2.19 bits per heavy atom. The minimum atomic E-state index is 0.399. The van der Waals surface area contributed by atoms with E-state index in [-0.39, 0.29) is 0 Å². The number of nitrogen functional groups attached to an aromatic ring is 1. The van der Waals surface area contributed by atoms with E-state index in [1.165, 1.54) is 0 Å². The molecule has 3 heterocycles. The van der Waals surface area contributed by atoms with Crippen LogP contribution in [0.15, 0.2) is 18.5 Å². The minimum Gasteiger partial charge on any atom is -0.382 e. The van der Waals surface area contributed by atoms with Crippen LogP contribution in [-0.4, -0.2) is 28.0 Å². The lowest BCUT2D eigenvalue weighted by molar-refractivity contribution is 0.0675. The maximum atomic E-state index is 5.88. The molecule has 5 nitrogen and oxygen atoms in total. The van der Waals surface area contributed by atoms with Gasteiger partial charge in [-0.05, 0) is 18.9 Å². The molecule has 0 aromatic carbocycles. The van der Waals surface area contributed by atoms with E-state index in [4.69, 9.17) is 10.5 Å². The van der Waals surface area contributed by atoms with Crippen molar-refractivity contribution >= 4 is 16.7 Å². The predicted molar refractivity (Wildman–Crippen MR) is 61.0 cm³/mol. The lowest BCUT2D eigenvalue weighted by atomic mass is 10.1. The monoisotopic (exact) mass is 218 g/mol. The predicted octanol–water partition coefficient (Wildman–Crippen LogP) is 1.36. The summed E-state index contributed by atoms with van der Waals surface area (Å²) in [6.07, 6.45) is 5.55. The van der Waals surface area contributed by atoms with Gasteiger partial charge in [-0.25, -0.2) is 0 Å². The molecule has 0 spiro atoms. The van der Waals surface area contributed by atoms with Crippen molar-refractivity contribution in [3.8, 4) is 0 Å². The van der Waals surface area contributed by atoms with Gasteiger partial charge in [0.1, 0.15) is 0 Å². The molecular weight excluding hydrogens is 204 g/mol. The summed E-state index contributed by atoms with van der Waals surface area (Å²) in [6, 6.07) is 2.37. The van der Waals surface area contributed by atoms with Crippen LogP contribution < -0.4 is 5.73 Å². The zero-order valence-corrected chi connectivity index (χ0v) is 8.97. The van der Waals surface area contributed by atoms with E-state index in [1.807, 2.05) is 10.7 Å². The highest BCUT2D eigenvalue weighted by Crippen LogP contribution is 2.27. The molecule has 2 N–H and O–H groups in total. The summed E-state index contributed by atoms with van der Waals surface area (Å²) < 4.78 is 7.38. The van der Waals surface area contributed by atoms with Gasteiger partial charge in [0.2, 0.25) is 0 Å². The molecular formula is C11H14N4O. The Morgan fingerprint density at radius 3 is 3.00 bits per heavy atom. The second-order valence-corrected chi connectivity index (χ2v) is 4.07. The summed E-state index contributed by atoms with van der Waals surface area (Å²) >= 11 is 0. The third-order valence-corrected chi connectivity index (χ3v) is 3.07. The summed E-state index contributed by atoms with van der Waals surface area (Å²) in [5.74, 6) is 0.564. The van der Waals surface area contributed by atoms with Crippen LogP contribution in [0.5, 0.6) is 0 Å². The van der Waals surface area contributed by atoms with Gasteiger partial charge in [0.15, 0.2) is 5.82 Å². The van der Waals surface area contributed by atoms with Crippen molar-refractivity contribution in [2.24, 2.45) is 0 Å². The molecule has 0 bridgehead atoms. The summed E-state index contributed by atoms with van der Waals surface area (Å²) in [6.45, 7) is 1.61. The molecule has 84 valence electrons. The number of hydrogen-bond acceptors (Lipinski definition) is 4. The quantitative estimate of drug-likeness (QED) is 0.785. The fraction of sp³-hybridized carbons (Fsp3) is 0.455. The third kappa shape index (κ3) is 1.44. The number of fused-ring (bicyclic) bond motifs is 1. The van der Waals surface area contributed by atoms with Gasteiger partial charge >= 0.3 is 0 Å². The Labute approximate surface area is 93.2 Å². The molecule has 0 saturated carbocycles. The Bertz CT molecular complexity index is 502. The zero-order valence-electron chi connectivity index (χ0n) is 8.97. The van der Waals surface area contributed by atoms with Gasteiger partial charge in [0.25, 0.3) is 0 Å². The van der Waals surface area contributed by atoms with Crippen molar-refractivity contribution in [1.82, 2.24) is 14.8 Å². The van der Waals surface area contributed by atoms with Crippen LogP contribution in [0.4, 0.5) is 5.82 Å². The molecule has 0 amide bonds. The molecule has 16 heavy (non-hydrogen) atoms. The summed E-state index contributed by atoms with van der Waals surface area (Å²) in [5.41, 5.74) is 6.95. The van der Waals surface area contributed by atoms with E-state index in [2.05, 4.69) is 10.1 Å². The second kappa shape index (κ2) is 3.75. The van der Waals surface area contributed by atoms with Crippen LogP contribution in [0.2, 0.25) is 0 Å². The first-order chi connectivity index (χ1) is 7.86. The van der Waals surface area contributed by atoms with Gasteiger partial charge in [-0.15, -0.1) is 0 Å². The number of nitrogens with two attached hydrogens (primary N) is 1. The Hall–Kier alpha value is -1.62. The van der Waals surface area contributed by atoms with E-state index < -0.39 is 0 Å². The molecule has 1 saturated heterocycles. The first kappa shape index (κ1) is 9.59. The zero-order chi connectivity index (χ0) is 11.0. The molecule has 0 unspecified atom stereocenters. The average molecular weight is 218 g/mol. The van der Waals surface area contributed by atoms with Crippen molar-refractivity contribution in [2.75, 3.05) is 18.9 Å². The summed E-state index contributed by atoms with van der Waals surface area (Å²) in [4.78, 5) is 4.07. The summed E-state index contributed by atoms with van der Waals surface area (Å²) in [5, 5.41) is 5.35. The average Bonchev–Trinajstić information content (AvgIpc) is 2.69. The number of aromatic nitrogens is 3. The molecule has 2 aromatic rings. The second-order valence-electron chi connectivity index (χ2n) is 4.07. The molecule has 2 aromatic heterocycles. The van der Waals surface area contributed by atoms with E-state index in [9.17, 15) is 0 Å². The SMILES string of the molecule is Nc1nn(C2CCOCC2)c2ccncc12. The number of anilines is 1. The smallest absolute Gasteiger partial charge is 0.154 e. The number of ether oxygens (including phenoxy) is 1. The number of pyridine rings is 1. The first-order valence-corrected chi connectivity index (χ1v) is 5.52. The number of nitrogens with zero attached hydrogens (tertiary/aromatic N) is 3. The highest BCUT2D eigenvalue weighted by Gasteiger charge is 2.19. The normalized spacial score (nSPS) is 18.0. The van der Waals surface area contributed by atoms with E-state index in [0.29, 0.717) is 11.9 Å². The number of hydrogen-bond donors (Lipinski definition) is 1. The molecule has 1 fully saturated rings. The third-order valence-electron chi connectivity index (χ3n) is 3.07. The lowest BCUT2D eigenvalue weighted by Crippen LogP contribution is -2.20. The van der Waals surface area contributed by atoms with Gasteiger partial charge < -0.3 is 10.5 Å². The van der Waals surface area contributed by atoms with Crippen LogP contribution in [0, 0.1) is 0 Å². The largest absolute Gasteiger partial charge is 0.382 e. The van der Waals surface area contributed by atoms with Crippen molar-refractivity contribution in [3.05, 3.63) is 18.5 Å². The van der Waals surface area contributed by atoms with Gasteiger partial charge in [-0.1, -0.05) is 0 Å². The maximum absolute atomic E-state index is 5.88. The van der Waals surface area contributed by atoms with Crippen molar-refractivity contribution in [3.63, 3.8) is 0 Å². The molecule has 0 atom stereocenters. The molecule has 1 aliphatic rings. The minimum absolute atomic E-state index is 0.399. The lowest BCUT2D eigenvalue weighted by Gasteiger charge is -2.22. The van der Waals surface area contributed by atoms with Crippen molar-refractivity contribution in [1.29, 1.82) is 0 Å². The summed E-state index contributed by atoms with van der Waals surface area (Å²) in [7, 11) is 0. The standard InChI is InChI=1S/C11H14N4O/c12-11-9-7-13-4-1-10(9)15(14-11)8-2-5-16-6-3-8/h1,4,7-8H,2-3,5-6H2,(H2,12,14). The Balaban J connectivity index is 2.08. The highest BCUT2D eigenvalue weighted by atomic mass is 16.5. The van der Waals surface area contributed by atoms with Gasteiger partial charge in [-0.3, -0.25) is 9.67 Å². The van der Waals surface area contributed by atoms with E-state index in [0.717, 1.165) is 37.0 Å². The van der Waals surface area contributed by atoms with Crippen molar-refractivity contribution in [2.45, 2.75) is 18.9 Å². The van der Waals surface area contributed by atoms with Crippen LogP contribution in [-0.2, 0) is 4.74 Å². The molecule has 0 aliphatic carbocycles. The van der Waals surface area contributed by atoms with Crippen LogP contribution >= 0.6 is 0 Å². The fourth-order valence-electron chi connectivity index (χ4n) is 2.22. The molecule has 5 heteroatoms. The van der Waals surface area contributed by atoms with E-state index >= 15 is 0 Å². The number of rotatable bonds is 1. The molecule has 3 rings (SSSR count). The fourth-order valence-corrected chi connectivity index (χ4v) is 2.22. The highest BCUT2D eigenvalue weighted by molar-refractivity contribution is 5.88. The van der Waals surface area contributed by atoms with Crippen LogP contribution in [0.1, 0.15) is 18.9 Å². The van der Waals surface area contributed by atoms with Gasteiger partial charge in [0, 0.05) is 25.6 Å². The van der Waals surface area contributed by atoms with Gasteiger partial charge in [-0.2, -0.15) is 5.10 Å². The first-order valence-electron chi connectivity index (χ1n) is 5.52.